The van der Waals surface area contributed by atoms with Crippen molar-refractivity contribution < 1.29 is 9.13 Å². The lowest BCUT2D eigenvalue weighted by molar-refractivity contribution is 0.478. The zero-order valence-corrected chi connectivity index (χ0v) is 11.4. The number of amidine groups is 1. The third kappa shape index (κ3) is 3.80. The third-order valence-corrected chi connectivity index (χ3v) is 2.56. The first-order valence-electron chi connectivity index (χ1n) is 6.21. The van der Waals surface area contributed by atoms with E-state index < -0.39 is 11.7 Å². The van der Waals surface area contributed by atoms with Crippen LogP contribution in [0.4, 0.5) is 10.1 Å². The Morgan fingerprint density at radius 1 is 1.27 bits per heavy atom. The molecule has 0 radical (unpaired) electrons. The van der Waals surface area contributed by atoms with E-state index in [-0.39, 0.29) is 5.71 Å². The normalized spacial score (nSPS) is 10.6. The first-order valence-corrected chi connectivity index (χ1v) is 6.21. The van der Waals surface area contributed by atoms with Crippen LogP contribution in [0.5, 0.6) is 11.5 Å². The van der Waals surface area contributed by atoms with Gasteiger partial charge in [0, 0.05) is 6.07 Å². The minimum absolute atomic E-state index is 0.249. The van der Waals surface area contributed by atoms with Gasteiger partial charge in [0.15, 0.2) is 11.6 Å². The number of benzene rings is 2. The van der Waals surface area contributed by atoms with Crippen molar-refractivity contribution in [2.24, 2.45) is 10.8 Å². The number of nitrogens with zero attached hydrogens (tertiary/aromatic N) is 2. The Bertz CT molecular complexity index is 767. The molecule has 2 aromatic rings. The van der Waals surface area contributed by atoms with E-state index >= 15 is 0 Å². The van der Waals surface area contributed by atoms with Crippen molar-refractivity contribution in [2.45, 2.75) is 0 Å². The van der Waals surface area contributed by atoms with E-state index in [4.69, 9.17) is 21.1 Å². The molecule has 0 spiro atoms. The van der Waals surface area contributed by atoms with Gasteiger partial charge in [0.2, 0.25) is 5.71 Å². The zero-order chi connectivity index (χ0) is 15.9. The van der Waals surface area contributed by atoms with Gasteiger partial charge in [0.05, 0.1) is 5.69 Å². The molecule has 0 unspecified atom stereocenters. The molecule has 110 valence electrons. The average Bonchev–Trinajstić information content (AvgIpc) is 2.49. The fourth-order valence-corrected chi connectivity index (χ4v) is 1.57. The monoisotopic (exact) mass is 297 g/mol. The predicted octanol–water partition coefficient (Wildman–Crippen LogP) is 2.85. The zero-order valence-electron chi connectivity index (χ0n) is 11.4. The average molecular weight is 297 g/mol. The maximum absolute atomic E-state index is 13.2. The topological polar surface area (TPSA) is 107 Å². The van der Waals surface area contributed by atoms with Crippen LogP contribution in [0.25, 0.3) is 0 Å². The van der Waals surface area contributed by atoms with Gasteiger partial charge in [-0.3, -0.25) is 10.8 Å². The number of ether oxygens (including phenoxy) is 1. The van der Waals surface area contributed by atoms with Crippen LogP contribution in [0.3, 0.4) is 0 Å². The van der Waals surface area contributed by atoms with Crippen molar-refractivity contribution in [1.29, 1.82) is 10.7 Å². The molecule has 0 saturated carbocycles. The Morgan fingerprint density at radius 3 is 2.73 bits per heavy atom. The number of nitrogens with one attached hydrogen (secondary N) is 2. The molecule has 0 heterocycles. The van der Waals surface area contributed by atoms with Gasteiger partial charge in [-0.15, -0.1) is 0 Å². The molecular weight excluding hydrogens is 285 g/mol. The molecule has 0 aromatic heterocycles. The summed E-state index contributed by atoms with van der Waals surface area (Å²) in [6.07, 6.45) is 0. The van der Waals surface area contributed by atoms with Crippen molar-refractivity contribution in [3.63, 3.8) is 0 Å². The van der Waals surface area contributed by atoms with Gasteiger partial charge in [-0.25, -0.2) is 4.39 Å². The number of rotatable bonds is 5. The van der Waals surface area contributed by atoms with Crippen molar-refractivity contribution in [2.75, 3.05) is 5.43 Å². The van der Waals surface area contributed by atoms with Crippen LogP contribution in [0.15, 0.2) is 53.6 Å². The second-order valence-electron chi connectivity index (χ2n) is 4.15. The molecule has 6 nitrogen and oxygen atoms in total. The molecule has 7 heteroatoms. The summed E-state index contributed by atoms with van der Waals surface area (Å²) in [5, 5.41) is 19.7. The number of nitrogens with two attached hydrogens (primary N) is 1. The number of nitriles is 1. The van der Waals surface area contributed by atoms with Gasteiger partial charge in [-0.05, 0) is 24.3 Å². The Balaban J connectivity index is 2.24. The molecule has 0 amide bonds. The van der Waals surface area contributed by atoms with Crippen LogP contribution in [0.2, 0.25) is 0 Å². The molecule has 2 aromatic carbocycles. The summed E-state index contributed by atoms with van der Waals surface area (Å²) in [7, 11) is 0. The van der Waals surface area contributed by atoms with E-state index in [1.165, 1.54) is 18.2 Å². The first-order chi connectivity index (χ1) is 10.6. The highest BCUT2D eigenvalue weighted by Crippen LogP contribution is 2.29. The van der Waals surface area contributed by atoms with Crippen molar-refractivity contribution in [3.05, 3.63) is 54.3 Å². The lowest BCUT2D eigenvalue weighted by Gasteiger charge is -2.10. The van der Waals surface area contributed by atoms with E-state index in [9.17, 15) is 4.39 Å². The fraction of sp³-hybridized carbons (Fsp3) is 0. The summed E-state index contributed by atoms with van der Waals surface area (Å²) in [6.45, 7) is 0. The molecule has 4 N–H and O–H groups in total. The second-order valence-corrected chi connectivity index (χ2v) is 4.15. The van der Waals surface area contributed by atoms with Gasteiger partial charge in [0.25, 0.3) is 0 Å². The van der Waals surface area contributed by atoms with E-state index in [0.717, 1.165) is 0 Å². The van der Waals surface area contributed by atoms with E-state index in [2.05, 4.69) is 10.5 Å². The van der Waals surface area contributed by atoms with Gasteiger partial charge < -0.3 is 10.5 Å². The molecule has 0 aliphatic carbocycles. The summed E-state index contributed by atoms with van der Waals surface area (Å²) in [5.74, 6) is -0.147. The predicted molar refractivity (Wildman–Crippen MR) is 81.5 cm³/mol. The minimum Gasteiger partial charge on any atom is -0.455 e. The van der Waals surface area contributed by atoms with Crippen LogP contribution in [-0.4, -0.2) is 11.5 Å². The Kier molecular flexibility index (Phi) is 4.67. The number of hydrogen-bond acceptors (Lipinski definition) is 5. The van der Waals surface area contributed by atoms with Crippen LogP contribution in [0.1, 0.15) is 0 Å². The minimum atomic E-state index is -0.446. The van der Waals surface area contributed by atoms with Crippen molar-refractivity contribution in [3.8, 4) is 17.6 Å². The summed E-state index contributed by atoms with van der Waals surface area (Å²) >= 11 is 0. The standard InChI is InChI=1S/C15H12FN5O/c16-10-4-3-5-11(8-10)22-14-7-2-1-6-12(14)20-21-13(9-17)15(18)19/h1-8,20H,(H3,18,19)/b21-13+. The fourth-order valence-electron chi connectivity index (χ4n) is 1.57. The largest absolute Gasteiger partial charge is 0.455 e. The van der Waals surface area contributed by atoms with E-state index in [0.29, 0.717) is 17.2 Å². The molecule has 22 heavy (non-hydrogen) atoms. The SMILES string of the molecule is N#C/C(=N\Nc1ccccc1Oc1cccc(F)c1)C(=N)N. The quantitative estimate of drug-likeness (QED) is 0.448. The summed E-state index contributed by atoms with van der Waals surface area (Å²) in [4.78, 5) is 0. The van der Waals surface area contributed by atoms with E-state index in [1.54, 1.807) is 36.4 Å². The van der Waals surface area contributed by atoms with Gasteiger partial charge in [-0.1, -0.05) is 18.2 Å². The molecule has 0 saturated heterocycles. The maximum Gasteiger partial charge on any atom is 0.201 e. The molecular formula is C15H12FN5O. The molecule has 0 bridgehead atoms. The maximum atomic E-state index is 13.2. The van der Waals surface area contributed by atoms with E-state index in [1.807, 2.05) is 0 Å². The van der Waals surface area contributed by atoms with Crippen molar-refractivity contribution in [1.82, 2.24) is 0 Å². The lowest BCUT2D eigenvalue weighted by Crippen LogP contribution is -2.21. The molecule has 0 aliphatic rings. The highest BCUT2D eigenvalue weighted by Gasteiger charge is 2.06. The van der Waals surface area contributed by atoms with Crippen LogP contribution < -0.4 is 15.9 Å². The first kappa shape index (κ1) is 15.0. The highest BCUT2D eigenvalue weighted by molar-refractivity contribution is 6.45. The number of anilines is 1. The second kappa shape index (κ2) is 6.85. The Hall–Kier alpha value is -3.40. The van der Waals surface area contributed by atoms with Gasteiger partial charge in [0.1, 0.15) is 17.6 Å². The highest BCUT2D eigenvalue weighted by atomic mass is 19.1. The number of para-hydroxylation sites is 2. The number of halogens is 1. The lowest BCUT2D eigenvalue weighted by atomic mass is 10.3. The third-order valence-electron chi connectivity index (χ3n) is 2.56. The van der Waals surface area contributed by atoms with Crippen LogP contribution >= 0.6 is 0 Å². The van der Waals surface area contributed by atoms with Crippen molar-refractivity contribution >= 4 is 17.2 Å². The van der Waals surface area contributed by atoms with Gasteiger partial charge in [-0.2, -0.15) is 10.4 Å². The summed E-state index contributed by atoms with van der Waals surface area (Å²) in [5.41, 5.74) is 8.01. The molecule has 0 aliphatic heterocycles. The van der Waals surface area contributed by atoms with Crippen LogP contribution in [0, 0.1) is 22.6 Å². The van der Waals surface area contributed by atoms with Crippen LogP contribution in [-0.2, 0) is 0 Å². The Labute approximate surface area is 126 Å². The van der Waals surface area contributed by atoms with Gasteiger partial charge >= 0.3 is 0 Å². The summed E-state index contributed by atoms with van der Waals surface area (Å²) in [6, 6.07) is 14.2. The summed E-state index contributed by atoms with van der Waals surface area (Å²) < 4.78 is 18.7. The molecule has 0 atom stereocenters. The Morgan fingerprint density at radius 2 is 2.05 bits per heavy atom. The molecule has 0 fully saturated rings. The smallest absolute Gasteiger partial charge is 0.201 e. The number of hydrazone groups is 1. The molecule has 2 rings (SSSR count). The number of hydrogen-bond donors (Lipinski definition) is 3.